The van der Waals surface area contributed by atoms with Crippen LogP contribution in [0.1, 0.15) is 76.9 Å². The number of aryl methyl sites for hydroxylation is 2. The van der Waals surface area contributed by atoms with Gasteiger partial charge in [-0.05, 0) is 45.1 Å². The van der Waals surface area contributed by atoms with Gasteiger partial charge in [-0.25, -0.2) is 0 Å². The van der Waals surface area contributed by atoms with Gasteiger partial charge in [0.25, 0.3) is 0 Å². The summed E-state index contributed by atoms with van der Waals surface area (Å²) in [5.41, 5.74) is 4.29. The highest BCUT2D eigenvalue weighted by Crippen LogP contribution is 2.26. The van der Waals surface area contributed by atoms with Gasteiger partial charge in [-0.15, -0.1) is 0 Å². The first-order valence-corrected chi connectivity index (χ1v) is 8.07. The van der Waals surface area contributed by atoms with E-state index in [4.69, 9.17) is 5.10 Å². The first-order valence-electron chi connectivity index (χ1n) is 8.07. The van der Waals surface area contributed by atoms with E-state index in [0.29, 0.717) is 11.5 Å². The smallest absolute Gasteiger partial charge is 0.0644 e. The van der Waals surface area contributed by atoms with Crippen molar-refractivity contribution < 1.29 is 0 Å². The molecule has 20 heavy (non-hydrogen) atoms. The SMILES string of the molecule is CCCNC(CC)c1c(C)nn(CCC(C)(C)C)c1C. The minimum Gasteiger partial charge on any atom is -0.310 e. The molecular formula is C17H33N3. The van der Waals surface area contributed by atoms with Crippen LogP contribution in [0.4, 0.5) is 0 Å². The van der Waals surface area contributed by atoms with E-state index in [1.165, 1.54) is 23.4 Å². The summed E-state index contributed by atoms with van der Waals surface area (Å²) in [6.07, 6.45) is 3.45. The van der Waals surface area contributed by atoms with Crippen molar-refractivity contribution in [2.24, 2.45) is 5.41 Å². The van der Waals surface area contributed by atoms with Crippen molar-refractivity contribution in [1.29, 1.82) is 0 Å². The molecule has 0 aliphatic carbocycles. The molecule has 0 fully saturated rings. The molecule has 0 aliphatic rings. The highest BCUT2D eigenvalue weighted by atomic mass is 15.3. The molecule has 0 spiro atoms. The van der Waals surface area contributed by atoms with E-state index in [0.717, 1.165) is 25.9 Å². The van der Waals surface area contributed by atoms with Crippen LogP contribution in [0.3, 0.4) is 0 Å². The minimum absolute atomic E-state index is 0.358. The second-order valence-corrected chi connectivity index (χ2v) is 7.03. The lowest BCUT2D eigenvalue weighted by Crippen LogP contribution is -2.22. The predicted octanol–water partition coefficient (Wildman–Crippen LogP) is 4.39. The Kier molecular flexibility index (Phi) is 6.25. The average Bonchev–Trinajstić information content (AvgIpc) is 2.64. The van der Waals surface area contributed by atoms with Crippen LogP contribution in [-0.4, -0.2) is 16.3 Å². The molecule has 1 N–H and O–H groups in total. The molecule has 3 heteroatoms. The molecule has 0 amide bonds. The van der Waals surface area contributed by atoms with E-state index in [-0.39, 0.29) is 0 Å². The Morgan fingerprint density at radius 1 is 1.20 bits per heavy atom. The summed E-state index contributed by atoms with van der Waals surface area (Å²) in [7, 11) is 0. The summed E-state index contributed by atoms with van der Waals surface area (Å²) in [4.78, 5) is 0. The summed E-state index contributed by atoms with van der Waals surface area (Å²) in [6.45, 7) is 17.8. The van der Waals surface area contributed by atoms with E-state index < -0.39 is 0 Å². The Balaban J connectivity index is 2.89. The van der Waals surface area contributed by atoms with Gasteiger partial charge < -0.3 is 5.32 Å². The van der Waals surface area contributed by atoms with E-state index in [1.54, 1.807) is 0 Å². The predicted molar refractivity (Wildman–Crippen MR) is 87.1 cm³/mol. The Morgan fingerprint density at radius 3 is 2.35 bits per heavy atom. The maximum atomic E-state index is 4.77. The van der Waals surface area contributed by atoms with Crippen molar-refractivity contribution >= 4 is 0 Å². The molecule has 1 unspecified atom stereocenters. The Labute approximate surface area is 125 Å². The van der Waals surface area contributed by atoms with Crippen LogP contribution in [0, 0.1) is 19.3 Å². The van der Waals surface area contributed by atoms with E-state index >= 15 is 0 Å². The molecule has 0 aliphatic heterocycles. The molecule has 0 radical (unpaired) electrons. The molecule has 3 nitrogen and oxygen atoms in total. The Bertz CT molecular complexity index is 413. The van der Waals surface area contributed by atoms with Gasteiger partial charge in [0.15, 0.2) is 0 Å². The second kappa shape index (κ2) is 7.26. The molecule has 0 bridgehead atoms. The van der Waals surface area contributed by atoms with Crippen molar-refractivity contribution in [1.82, 2.24) is 15.1 Å². The minimum atomic E-state index is 0.358. The van der Waals surface area contributed by atoms with Crippen LogP contribution in [0.2, 0.25) is 0 Å². The maximum absolute atomic E-state index is 4.77. The molecule has 1 aromatic heterocycles. The van der Waals surface area contributed by atoms with Gasteiger partial charge in [0.1, 0.15) is 0 Å². The van der Waals surface area contributed by atoms with Crippen LogP contribution >= 0.6 is 0 Å². The average molecular weight is 279 g/mol. The fourth-order valence-corrected chi connectivity index (χ4v) is 2.64. The third-order valence-electron chi connectivity index (χ3n) is 3.91. The lowest BCUT2D eigenvalue weighted by Gasteiger charge is -2.19. The van der Waals surface area contributed by atoms with Crippen LogP contribution in [0.5, 0.6) is 0 Å². The van der Waals surface area contributed by atoms with Crippen molar-refractivity contribution in [2.75, 3.05) is 6.54 Å². The number of rotatable bonds is 7. The lowest BCUT2D eigenvalue weighted by molar-refractivity contribution is 0.338. The number of hydrogen-bond acceptors (Lipinski definition) is 2. The molecule has 1 aromatic rings. The summed E-state index contributed by atoms with van der Waals surface area (Å²) in [6, 6.07) is 0.443. The molecule has 0 saturated heterocycles. The zero-order chi connectivity index (χ0) is 15.3. The van der Waals surface area contributed by atoms with Crippen LogP contribution in [0.15, 0.2) is 0 Å². The van der Waals surface area contributed by atoms with Crippen molar-refractivity contribution in [2.45, 2.75) is 80.3 Å². The summed E-state index contributed by atoms with van der Waals surface area (Å²) in [5.74, 6) is 0. The zero-order valence-corrected chi connectivity index (χ0v) is 14.5. The van der Waals surface area contributed by atoms with Gasteiger partial charge in [-0.2, -0.15) is 5.10 Å². The molecule has 1 rings (SSSR count). The van der Waals surface area contributed by atoms with Crippen LogP contribution in [-0.2, 0) is 6.54 Å². The highest BCUT2D eigenvalue weighted by molar-refractivity contribution is 5.28. The number of hydrogen-bond donors (Lipinski definition) is 1. The van der Waals surface area contributed by atoms with E-state index in [9.17, 15) is 0 Å². The third kappa shape index (κ3) is 4.62. The fraction of sp³-hybridized carbons (Fsp3) is 0.824. The first kappa shape index (κ1) is 17.2. The second-order valence-electron chi connectivity index (χ2n) is 7.03. The van der Waals surface area contributed by atoms with Crippen LogP contribution in [0.25, 0.3) is 0 Å². The monoisotopic (exact) mass is 279 g/mol. The van der Waals surface area contributed by atoms with E-state index in [2.05, 4.69) is 58.5 Å². The van der Waals surface area contributed by atoms with Crippen molar-refractivity contribution in [3.05, 3.63) is 17.0 Å². The zero-order valence-electron chi connectivity index (χ0n) is 14.5. The normalized spacial score (nSPS) is 13.8. The molecule has 1 heterocycles. The van der Waals surface area contributed by atoms with Gasteiger partial charge in [0.2, 0.25) is 0 Å². The molecule has 116 valence electrons. The molecular weight excluding hydrogens is 246 g/mol. The van der Waals surface area contributed by atoms with Crippen LogP contribution < -0.4 is 5.32 Å². The fourth-order valence-electron chi connectivity index (χ4n) is 2.64. The summed E-state index contributed by atoms with van der Waals surface area (Å²) in [5, 5.41) is 8.42. The third-order valence-corrected chi connectivity index (χ3v) is 3.91. The summed E-state index contributed by atoms with van der Waals surface area (Å²) < 4.78 is 2.20. The Morgan fingerprint density at radius 2 is 1.85 bits per heavy atom. The standard InChI is InChI=1S/C17H33N3/c1-8-11-18-15(9-2)16-13(3)19-20(14(16)4)12-10-17(5,6)7/h15,18H,8-12H2,1-7H3. The quantitative estimate of drug-likeness (QED) is 0.802. The van der Waals surface area contributed by atoms with Crippen molar-refractivity contribution in [3.8, 4) is 0 Å². The first-order chi connectivity index (χ1) is 9.30. The maximum Gasteiger partial charge on any atom is 0.0644 e. The topological polar surface area (TPSA) is 29.9 Å². The van der Waals surface area contributed by atoms with Gasteiger partial charge in [-0.3, -0.25) is 4.68 Å². The van der Waals surface area contributed by atoms with Crippen molar-refractivity contribution in [3.63, 3.8) is 0 Å². The van der Waals surface area contributed by atoms with E-state index in [1.807, 2.05) is 0 Å². The number of aromatic nitrogens is 2. The summed E-state index contributed by atoms with van der Waals surface area (Å²) >= 11 is 0. The van der Waals surface area contributed by atoms with Gasteiger partial charge in [0.05, 0.1) is 5.69 Å². The lowest BCUT2D eigenvalue weighted by atomic mass is 9.92. The highest BCUT2D eigenvalue weighted by Gasteiger charge is 2.20. The van der Waals surface area contributed by atoms with Gasteiger partial charge >= 0.3 is 0 Å². The Hall–Kier alpha value is -0.830. The molecule has 0 saturated carbocycles. The number of nitrogens with zero attached hydrogens (tertiary/aromatic N) is 2. The molecule has 1 atom stereocenters. The number of nitrogens with one attached hydrogen (secondary N) is 1. The largest absolute Gasteiger partial charge is 0.310 e. The molecule has 0 aromatic carbocycles. The van der Waals surface area contributed by atoms with Gasteiger partial charge in [0, 0.05) is 23.8 Å². The van der Waals surface area contributed by atoms with Gasteiger partial charge in [-0.1, -0.05) is 34.6 Å².